The molecule has 0 saturated carbocycles. The van der Waals surface area contributed by atoms with E-state index in [-0.39, 0.29) is 0 Å². The highest BCUT2D eigenvalue weighted by Gasteiger charge is 2.08. The van der Waals surface area contributed by atoms with Gasteiger partial charge in [0.05, 0.1) is 11.2 Å². The fourth-order valence-electron chi connectivity index (χ4n) is 1.83. The minimum atomic E-state index is 0.704. The fraction of sp³-hybridized carbons (Fsp3) is 0. The van der Waals surface area contributed by atoms with E-state index < -0.39 is 0 Å². The van der Waals surface area contributed by atoms with E-state index >= 15 is 0 Å². The summed E-state index contributed by atoms with van der Waals surface area (Å²) in [7, 11) is 0. The lowest BCUT2D eigenvalue weighted by molar-refractivity contribution is 0.842. The van der Waals surface area contributed by atoms with Gasteiger partial charge in [-0.2, -0.15) is 0 Å². The smallest absolute Gasteiger partial charge is 0.113 e. The number of para-hydroxylation sites is 1. The maximum atomic E-state index is 5.87. The van der Waals surface area contributed by atoms with Gasteiger partial charge >= 0.3 is 0 Å². The molecule has 0 atom stereocenters. The average Bonchev–Trinajstić information content (AvgIpc) is 2.82. The maximum absolute atomic E-state index is 5.87. The summed E-state index contributed by atoms with van der Waals surface area (Å²) >= 11 is 5.87. The quantitative estimate of drug-likeness (QED) is 0.700. The second kappa shape index (κ2) is 4.27. The van der Waals surface area contributed by atoms with Gasteiger partial charge in [0.2, 0.25) is 0 Å². The summed E-state index contributed by atoms with van der Waals surface area (Å²) in [5, 5.41) is 8.94. The molecule has 4 heteroatoms. The molecule has 18 heavy (non-hydrogen) atoms. The van der Waals surface area contributed by atoms with Gasteiger partial charge in [0.15, 0.2) is 0 Å². The Bertz CT molecular complexity index is 713. The number of nitrogens with zero attached hydrogens (tertiary/aromatic N) is 3. The van der Waals surface area contributed by atoms with Crippen molar-refractivity contribution < 1.29 is 0 Å². The van der Waals surface area contributed by atoms with Gasteiger partial charge in [0.25, 0.3) is 0 Å². The van der Waals surface area contributed by atoms with Crippen LogP contribution < -0.4 is 0 Å². The topological polar surface area (TPSA) is 30.7 Å². The molecule has 1 heterocycles. The van der Waals surface area contributed by atoms with Crippen molar-refractivity contribution in [1.82, 2.24) is 15.0 Å². The number of hydrogen-bond donors (Lipinski definition) is 0. The normalized spacial score (nSPS) is 10.7. The molecule has 0 saturated heterocycles. The van der Waals surface area contributed by atoms with Crippen LogP contribution in [0.2, 0.25) is 5.02 Å². The molecule has 0 bridgehead atoms. The molecule has 0 unspecified atom stereocenters. The third-order valence-electron chi connectivity index (χ3n) is 2.78. The monoisotopic (exact) mass is 255 g/mol. The molecule has 0 fully saturated rings. The lowest BCUT2D eigenvalue weighted by Crippen LogP contribution is -1.99. The zero-order valence-electron chi connectivity index (χ0n) is 9.55. The Kier molecular flexibility index (Phi) is 2.61. The van der Waals surface area contributed by atoms with Gasteiger partial charge < -0.3 is 0 Å². The first-order chi connectivity index (χ1) is 8.75. The first-order valence-electron chi connectivity index (χ1n) is 5.51. The Morgan fingerprint density at radius 1 is 1.06 bits per heavy atom. The molecular formula is C14H10ClN3. The number of benzene rings is 2. The molecule has 3 nitrogen and oxygen atoms in total. The van der Waals surface area contributed by atoms with E-state index in [1.165, 1.54) is 0 Å². The van der Waals surface area contributed by atoms with Crippen LogP contribution in [0.15, 0.2) is 55.1 Å². The van der Waals surface area contributed by atoms with Gasteiger partial charge in [0.1, 0.15) is 5.52 Å². The van der Waals surface area contributed by atoms with Crippen LogP contribution in [0.4, 0.5) is 0 Å². The van der Waals surface area contributed by atoms with Crippen molar-refractivity contribution >= 4 is 28.3 Å². The lowest BCUT2D eigenvalue weighted by Gasteiger charge is -2.06. The zero-order chi connectivity index (χ0) is 12.5. The van der Waals surface area contributed by atoms with Crippen molar-refractivity contribution in [2.24, 2.45) is 0 Å². The molecule has 0 spiro atoms. The van der Waals surface area contributed by atoms with Crippen LogP contribution >= 0.6 is 11.6 Å². The molecular weight excluding hydrogens is 246 g/mol. The van der Waals surface area contributed by atoms with E-state index in [0.29, 0.717) is 5.02 Å². The maximum Gasteiger partial charge on any atom is 0.113 e. The van der Waals surface area contributed by atoms with Gasteiger partial charge in [-0.3, -0.25) is 0 Å². The molecule has 3 aromatic rings. The predicted octanol–water partition coefficient (Wildman–Crippen LogP) is 3.60. The van der Waals surface area contributed by atoms with E-state index in [1.54, 1.807) is 4.68 Å². The van der Waals surface area contributed by atoms with Crippen LogP contribution in [0.5, 0.6) is 0 Å². The standard InChI is InChI=1S/C14H10ClN3/c1-10(11-6-8-12(15)9-7-11)18-14-5-3-2-4-13(14)16-17-18/h2-9H,1H2. The van der Waals surface area contributed by atoms with Crippen molar-refractivity contribution in [1.29, 1.82) is 0 Å². The molecule has 0 amide bonds. The van der Waals surface area contributed by atoms with Gasteiger partial charge in [-0.1, -0.05) is 47.7 Å². The number of hydrogen-bond acceptors (Lipinski definition) is 2. The predicted molar refractivity (Wildman–Crippen MR) is 73.4 cm³/mol. The first kappa shape index (κ1) is 11.0. The zero-order valence-corrected chi connectivity index (χ0v) is 10.3. The van der Waals surface area contributed by atoms with Crippen molar-refractivity contribution in [3.63, 3.8) is 0 Å². The summed E-state index contributed by atoms with van der Waals surface area (Å²) < 4.78 is 1.73. The van der Waals surface area contributed by atoms with Crippen molar-refractivity contribution in [3.05, 3.63) is 65.7 Å². The van der Waals surface area contributed by atoms with E-state index in [2.05, 4.69) is 16.9 Å². The van der Waals surface area contributed by atoms with Gasteiger partial charge in [-0.05, 0) is 29.8 Å². The van der Waals surface area contributed by atoms with Gasteiger partial charge in [-0.25, -0.2) is 4.68 Å². The molecule has 0 aliphatic rings. The van der Waals surface area contributed by atoms with Crippen LogP contribution in [-0.2, 0) is 0 Å². The Morgan fingerprint density at radius 3 is 2.56 bits per heavy atom. The summed E-state index contributed by atoms with van der Waals surface area (Å²) in [6.45, 7) is 4.06. The molecule has 2 aromatic carbocycles. The minimum Gasteiger partial charge on any atom is -0.213 e. The second-order valence-electron chi connectivity index (χ2n) is 3.94. The Morgan fingerprint density at radius 2 is 1.78 bits per heavy atom. The first-order valence-corrected chi connectivity index (χ1v) is 5.89. The molecule has 1 aromatic heterocycles. The highest BCUT2D eigenvalue weighted by molar-refractivity contribution is 6.30. The van der Waals surface area contributed by atoms with Crippen molar-refractivity contribution in [3.8, 4) is 0 Å². The Hall–Kier alpha value is -2.13. The third-order valence-corrected chi connectivity index (χ3v) is 3.04. The minimum absolute atomic E-state index is 0.704. The highest BCUT2D eigenvalue weighted by atomic mass is 35.5. The number of halogens is 1. The van der Waals surface area contributed by atoms with Crippen molar-refractivity contribution in [2.45, 2.75) is 0 Å². The van der Waals surface area contributed by atoms with E-state index in [9.17, 15) is 0 Å². The summed E-state index contributed by atoms with van der Waals surface area (Å²) in [5.74, 6) is 0. The summed E-state index contributed by atoms with van der Waals surface area (Å²) in [4.78, 5) is 0. The molecule has 88 valence electrons. The average molecular weight is 256 g/mol. The summed E-state index contributed by atoms with van der Waals surface area (Å²) in [6, 6.07) is 15.3. The second-order valence-corrected chi connectivity index (χ2v) is 4.38. The number of fused-ring (bicyclic) bond motifs is 1. The summed E-state index contributed by atoms with van der Waals surface area (Å²) in [6.07, 6.45) is 0. The number of aromatic nitrogens is 3. The van der Waals surface area contributed by atoms with Crippen LogP contribution in [0.25, 0.3) is 16.7 Å². The molecule has 3 rings (SSSR count). The molecule has 0 aliphatic carbocycles. The SMILES string of the molecule is C=C(c1ccc(Cl)cc1)n1nnc2ccccc21. The third kappa shape index (κ3) is 1.79. The van der Waals surface area contributed by atoms with Crippen molar-refractivity contribution in [2.75, 3.05) is 0 Å². The van der Waals surface area contributed by atoms with E-state index in [4.69, 9.17) is 11.6 Å². The van der Waals surface area contributed by atoms with Crippen LogP contribution in [-0.4, -0.2) is 15.0 Å². The highest BCUT2D eigenvalue weighted by Crippen LogP contribution is 2.21. The van der Waals surface area contributed by atoms with E-state index in [1.807, 2.05) is 48.5 Å². The van der Waals surface area contributed by atoms with E-state index in [0.717, 1.165) is 22.3 Å². The lowest BCUT2D eigenvalue weighted by atomic mass is 10.2. The summed E-state index contributed by atoms with van der Waals surface area (Å²) in [5.41, 5.74) is 3.54. The van der Waals surface area contributed by atoms with Crippen LogP contribution in [0, 0.1) is 0 Å². The van der Waals surface area contributed by atoms with Gasteiger partial charge in [0, 0.05) is 5.02 Å². The Labute approximate surface area is 109 Å². The van der Waals surface area contributed by atoms with Gasteiger partial charge in [-0.15, -0.1) is 5.10 Å². The van der Waals surface area contributed by atoms with Crippen LogP contribution in [0.3, 0.4) is 0 Å². The Balaban J connectivity index is 2.09. The largest absolute Gasteiger partial charge is 0.213 e. The number of rotatable bonds is 2. The fourth-order valence-corrected chi connectivity index (χ4v) is 1.96. The van der Waals surface area contributed by atoms with Crippen LogP contribution in [0.1, 0.15) is 5.56 Å². The molecule has 0 aliphatic heterocycles. The molecule has 0 radical (unpaired) electrons. The molecule has 0 N–H and O–H groups in total.